The second-order valence-electron chi connectivity index (χ2n) is 4.89. The van der Waals surface area contributed by atoms with Gasteiger partial charge in [-0.3, -0.25) is 0 Å². The second kappa shape index (κ2) is 4.77. The summed E-state index contributed by atoms with van der Waals surface area (Å²) in [6.07, 6.45) is 2.55. The normalized spacial score (nSPS) is 31.9. The number of hydrogen-bond donors (Lipinski definition) is 1. The van der Waals surface area contributed by atoms with Crippen molar-refractivity contribution >= 4 is 27.3 Å². The van der Waals surface area contributed by atoms with E-state index in [1.807, 2.05) is 0 Å². The number of aliphatic hydroxyl groups is 1. The SMILES string of the molecule is CC1CC(O)(Cc2ccc(Br)s2)CCN1C. The summed E-state index contributed by atoms with van der Waals surface area (Å²) in [6, 6.07) is 4.64. The first kappa shape index (κ1) is 12.6. The summed E-state index contributed by atoms with van der Waals surface area (Å²) in [4.78, 5) is 3.59. The molecule has 1 N–H and O–H groups in total. The average Bonchev–Trinajstić information content (AvgIpc) is 2.58. The van der Waals surface area contributed by atoms with Gasteiger partial charge in [0.2, 0.25) is 0 Å². The minimum Gasteiger partial charge on any atom is -0.389 e. The van der Waals surface area contributed by atoms with Crippen molar-refractivity contribution in [3.63, 3.8) is 0 Å². The Bertz CT molecular complexity index is 368. The van der Waals surface area contributed by atoms with E-state index < -0.39 is 5.60 Å². The minimum absolute atomic E-state index is 0.474. The van der Waals surface area contributed by atoms with Crippen molar-refractivity contribution in [2.24, 2.45) is 0 Å². The fourth-order valence-corrected chi connectivity index (χ4v) is 3.96. The molecular weight excluding hydrogens is 286 g/mol. The highest BCUT2D eigenvalue weighted by molar-refractivity contribution is 9.11. The van der Waals surface area contributed by atoms with Crippen LogP contribution in [-0.4, -0.2) is 35.2 Å². The van der Waals surface area contributed by atoms with E-state index in [0.29, 0.717) is 6.04 Å². The Morgan fingerprint density at radius 3 is 2.94 bits per heavy atom. The van der Waals surface area contributed by atoms with Crippen molar-refractivity contribution in [1.82, 2.24) is 4.90 Å². The number of hydrogen-bond acceptors (Lipinski definition) is 3. The molecule has 4 heteroatoms. The summed E-state index contributed by atoms with van der Waals surface area (Å²) in [5.74, 6) is 0. The molecule has 0 saturated carbocycles. The van der Waals surface area contributed by atoms with Gasteiger partial charge in [-0.05, 0) is 54.9 Å². The van der Waals surface area contributed by atoms with Crippen LogP contribution in [0.5, 0.6) is 0 Å². The van der Waals surface area contributed by atoms with Crippen LogP contribution in [0.2, 0.25) is 0 Å². The number of likely N-dealkylation sites (tertiary alicyclic amines) is 1. The van der Waals surface area contributed by atoms with Gasteiger partial charge in [0.1, 0.15) is 0 Å². The minimum atomic E-state index is -0.504. The van der Waals surface area contributed by atoms with Crippen molar-refractivity contribution in [1.29, 1.82) is 0 Å². The average molecular weight is 304 g/mol. The molecule has 1 aliphatic rings. The number of piperidine rings is 1. The smallest absolute Gasteiger partial charge is 0.0722 e. The fraction of sp³-hybridized carbons (Fsp3) is 0.667. The first-order chi connectivity index (χ1) is 7.48. The Morgan fingerprint density at radius 1 is 1.62 bits per heavy atom. The first-order valence-corrected chi connectivity index (χ1v) is 7.26. The van der Waals surface area contributed by atoms with Crippen LogP contribution in [0.1, 0.15) is 24.6 Å². The van der Waals surface area contributed by atoms with Gasteiger partial charge in [-0.2, -0.15) is 0 Å². The molecule has 1 saturated heterocycles. The molecule has 0 aliphatic carbocycles. The molecule has 0 aromatic carbocycles. The highest BCUT2D eigenvalue weighted by Gasteiger charge is 2.35. The van der Waals surface area contributed by atoms with Gasteiger partial charge in [0.05, 0.1) is 9.39 Å². The van der Waals surface area contributed by atoms with Crippen LogP contribution in [0.3, 0.4) is 0 Å². The van der Waals surface area contributed by atoms with Crippen LogP contribution in [0, 0.1) is 0 Å². The Kier molecular flexibility index (Phi) is 3.74. The van der Waals surface area contributed by atoms with Crippen molar-refractivity contribution in [2.75, 3.05) is 13.6 Å². The quantitative estimate of drug-likeness (QED) is 0.908. The Morgan fingerprint density at radius 2 is 2.38 bits per heavy atom. The molecule has 2 unspecified atom stereocenters. The molecule has 0 bridgehead atoms. The number of thiophene rings is 1. The number of nitrogens with zero attached hydrogens (tertiary/aromatic N) is 1. The van der Waals surface area contributed by atoms with Crippen LogP contribution in [-0.2, 0) is 6.42 Å². The Balaban J connectivity index is 2.03. The summed E-state index contributed by atoms with van der Waals surface area (Å²) < 4.78 is 1.15. The van der Waals surface area contributed by atoms with Gasteiger partial charge in [0.15, 0.2) is 0 Å². The van der Waals surface area contributed by atoms with Crippen LogP contribution in [0.15, 0.2) is 15.9 Å². The summed E-state index contributed by atoms with van der Waals surface area (Å²) in [7, 11) is 2.13. The van der Waals surface area contributed by atoms with E-state index in [2.05, 4.69) is 46.9 Å². The van der Waals surface area contributed by atoms with Crippen LogP contribution in [0.4, 0.5) is 0 Å². The van der Waals surface area contributed by atoms with E-state index in [1.165, 1.54) is 4.88 Å². The molecule has 2 heterocycles. The maximum atomic E-state index is 10.6. The molecule has 1 aromatic heterocycles. The van der Waals surface area contributed by atoms with Gasteiger partial charge in [0, 0.05) is 23.9 Å². The molecule has 0 amide bonds. The fourth-order valence-electron chi connectivity index (χ4n) is 2.34. The van der Waals surface area contributed by atoms with Gasteiger partial charge in [-0.15, -0.1) is 11.3 Å². The highest BCUT2D eigenvalue weighted by Crippen LogP contribution is 2.32. The summed E-state index contributed by atoms with van der Waals surface area (Å²) >= 11 is 5.19. The lowest BCUT2D eigenvalue weighted by atomic mass is 9.84. The van der Waals surface area contributed by atoms with Crippen LogP contribution in [0.25, 0.3) is 0 Å². The first-order valence-electron chi connectivity index (χ1n) is 5.65. The van der Waals surface area contributed by atoms with Crippen LogP contribution < -0.4 is 0 Å². The Hall–Kier alpha value is 0.1000. The molecule has 2 rings (SSSR count). The zero-order chi connectivity index (χ0) is 11.8. The monoisotopic (exact) mass is 303 g/mol. The van der Waals surface area contributed by atoms with Gasteiger partial charge < -0.3 is 10.0 Å². The lowest BCUT2D eigenvalue weighted by Crippen LogP contribution is -2.48. The van der Waals surface area contributed by atoms with E-state index in [4.69, 9.17) is 0 Å². The van der Waals surface area contributed by atoms with Gasteiger partial charge in [-0.1, -0.05) is 0 Å². The molecule has 1 fully saturated rings. The largest absolute Gasteiger partial charge is 0.389 e. The van der Waals surface area contributed by atoms with Crippen molar-refractivity contribution in [3.8, 4) is 0 Å². The molecule has 1 aromatic rings. The topological polar surface area (TPSA) is 23.5 Å². The van der Waals surface area contributed by atoms with E-state index in [-0.39, 0.29) is 0 Å². The molecule has 2 atom stereocenters. The van der Waals surface area contributed by atoms with Crippen molar-refractivity contribution < 1.29 is 5.11 Å². The van der Waals surface area contributed by atoms with Gasteiger partial charge in [0.25, 0.3) is 0 Å². The van der Waals surface area contributed by atoms with E-state index in [9.17, 15) is 5.11 Å². The number of rotatable bonds is 2. The Labute approximate surface area is 109 Å². The predicted octanol–water partition coefficient (Wildman–Crippen LogP) is 2.90. The maximum absolute atomic E-state index is 10.6. The molecule has 0 spiro atoms. The van der Waals surface area contributed by atoms with Crippen LogP contribution >= 0.6 is 27.3 Å². The van der Waals surface area contributed by atoms with Gasteiger partial charge >= 0.3 is 0 Å². The zero-order valence-corrected chi connectivity index (χ0v) is 12.1. The third kappa shape index (κ3) is 2.86. The third-order valence-electron chi connectivity index (χ3n) is 3.49. The lowest BCUT2D eigenvalue weighted by Gasteiger charge is -2.41. The maximum Gasteiger partial charge on any atom is 0.0722 e. The van der Waals surface area contributed by atoms with E-state index in [1.54, 1.807) is 11.3 Å². The van der Waals surface area contributed by atoms with Gasteiger partial charge in [-0.25, -0.2) is 0 Å². The zero-order valence-electron chi connectivity index (χ0n) is 9.74. The standard InChI is InChI=1S/C12H18BrNOS/c1-9-7-12(15,5-6-14(9)2)8-10-3-4-11(13)16-10/h3-4,9,15H,5-8H2,1-2H3. The summed E-state index contributed by atoms with van der Waals surface area (Å²) in [6.45, 7) is 3.18. The summed E-state index contributed by atoms with van der Waals surface area (Å²) in [5, 5.41) is 10.6. The second-order valence-corrected chi connectivity index (χ2v) is 7.44. The molecule has 16 heavy (non-hydrogen) atoms. The number of halogens is 1. The molecular formula is C12H18BrNOS. The van der Waals surface area contributed by atoms with Crippen molar-refractivity contribution in [3.05, 3.63) is 20.8 Å². The predicted molar refractivity (Wildman–Crippen MR) is 72.0 cm³/mol. The van der Waals surface area contributed by atoms with E-state index >= 15 is 0 Å². The van der Waals surface area contributed by atoms with Crippen molar-refractivity contribution in [2.45, 2.75) is 37.8 Å². The molecule has 90 valence electrons. The lowest BCUT2D eigenvalue weighted by molar-refractivity contribution is -0.0348. The molecule has 0 radical (unpaired) electrons. The molecule has 2 nitrogen and oxygen atoms in total. The molecule has 1 aliphatic heterocycles. The third-order valence-corrected chi connectivity index (χ3v) is 5.11. The van der Waals surface area contributed by atoms with E-state index in [0.717, 1.165) is 29.6 Å². The highest BCUT2D eigenvalue weighted by atomic mass is 79.9. The summed E-state index contributed by atoms with van der Waals surface area (Å²) in [5.41, 5.74) is -0.504.